The van der Waals surface area contributed by atoms with Gasteiger partial charge >= 0.3 is 5.97 Å². The van der Waals surface area contributed by atoms with Crippen LogP contribution in [0.5, 0.6) is 0 Å². The van der Waals surface area contributed by atoms with Crippen molar-refractivity contribution in [1.82, 2.24) is 0 Å². The highest BCUT2D eigenvalue weighted by atomic mass is 16.5. The molecule has 3 aliphatic rings. The minimum atomic E-state index is -0.179. The second-order valence-electron chi connectivity index (χ2n) is 11.8. The van der Waals surface area contributed by atoms with Gasteiger partial charge in [-0.25, -0.2) is 0 Å². The number of ether oxygens (including phenoxy) is 1. The molecule has 0 saturated heterocycles. The van der Waals surface area contributed by atoms with E-state index in [9.17, 15) is 4.79 Å². The fraction of sp³-hybridized carbons (Fsp3) is 0.967. The molecular weight excluding hydrogens is 392 g/mol. The largest absolute Gasteiger partial charge is 0.465 e. The van der Waals surface area contributed by atoms with Gasteiger partial charge in [-0.2, -0.15) is 0 Å². The lowest BCUT2D eigenvalue weighted by Gasteiger charge is -2.55. The van der Waals surface area contributed by atoms with Gasteiger partial charge in [0.2, 0.25) is 0 Å². The smallest absolute Gasteiger partial charge is 0.312 e. The highest BCUT2D eigenvalue weighted by molar-refractivity contribution is 5.78. The SMILES string of the molecule is CCCCCCCOC(=O)C1([C@]2(CCCC)CC[C@H](C3CCCCC3)CC2)CCCCC1. The van der Waals surface area contributed by atoms with Crippen molar-refractivity contribution in [1.29, 1.82) is 0 Å². The van der Waals surface area contributed by atoms with Crippen LogP contribution in [0.3, 0.4) is 0 Å². The molecule has 0 aromatic heterocycles. The first-order valence-corrected chi connectivity index (χ1v) is 14.8. The molecule has 0 aromatic rings. The maximum Gasteiger partial charge on any atom is 0.312 e. The molecule has 186 valence electrons. The highest BCUT2D eigenvalue weighted by Crippen LogP contribution is 2.61. The highest BCUT2D eigenvalue weighted by Gasteiger charge is 2.57. The zero-order chi connectivity index (χ0) is 22.7. The number of rotatable bonds is 12. The molecule has 0 aliphatic heterocycles. The van der Waals surface area contributed by atoms with Crippen LogP contribution in [0.25, 0.3) is 0 Å². The van der Waals surface area contributed by atoms with E-state index in [1.165, 1.54) is 122 Å². The maximum atomic E-state index is 13.8. The van der Waals surface area contributed by atoms with Crippen LogP contribution in [0, 0.1) is 22.7 Å². The third kappa shape index (κ3) is 6.32. The fourth-order valence-electron chi connectivity index (χ4n) is 7.87. The monoisotopic (exact) mass is 446 g/mol. The van der Waals surface area contributed by atoms with E-state index >= 15 is 0 Å². The van der Waals surface area contributed by atoms with Gasteiger partial charge < -0.3 is 4.74 Å². The van der Waals surface area contributed by atoms with E-state index in [2.05, 4.69) is 13.8 Å². The van der Waals surface area contributed by atoms with E-state index in [0.717, 1.165) is 31.1 Å². The third-order valence-corrected chi connectivity index (χ3v) is 9.91. The Morgan fingerprint density at radius 3 is 1.94 bits per heavy atom. The summed E-state index contributed by atoms with van der Waals surface area (Å²) < 4.78 is 6.13. The molecule has 0 aromatic carbocycles. The summed E-state index contributed by atoms with van der Waals surface area (Å²) in [5.74, 6) is 2.12. The van der Waals surface area contributed by atoms with Crippen LogP contribution < -0.4 is 0 Å². The van der Waals surface area contributed by atoms with Crippen molar-refractivity contribution in [3.05, 3.63) is 0 Å². The summed E-state index contributed by atoms with van der Waals surface area (Å²) in [4.78, 5) is 13.8. The molecule has 0 spiro atoms. The molecule has 0 atom stereocenters. The summed E-state index contributed by atoms with van der Waals surface area (Å²) >= 11 is 0. The Labute approximate surface area is 200 Å². The van der Waals surface area contributed by atoms with Gasteiger partial charge in [0, 0.05) is 0 Å². The Kier molecular flexibility index (Phi) is 10.9. The Bertz CT molecular complexity index is 519. The number of carbonyl (C=O) groups is 1. The molecule has 0 radical (unpaired) electrons. The fourth-order valence-corrected chi connectivity index (χ4v) is 7.87. The number of esters is 1. The standard InChI is InChI=1S/C30H54O2/c1-3-5-7-8-15-25-32-28(31)30(21-13-10-14-22-30)29(20-6-4-2)23-18-27(19-24-29)26-16-11-9-12-17-26/h26-27H,3-25H2,1-2H3/t27-,29+. The number of hydrogen-bond acceptors (Lipinski definition) is 2. The van der Waals surface area contributed by atoms with Gasteiger partial charge in [-0.1, -0.05) is 104 Å². The van der Waals surface area contributed by atoms with Crippen LogP contribution in [0.1, 0.15) is 155 Å². The normalized spacial score (nSPS) is 29.0. The van der Waals surface area contributed by atoms with Crippen LogP contribution >= 0.6 is 0 Å². The predicted molar refractivity (Wildman–Crippen MR) is 136 cm³/mol. The van der Waals surface area contributed by atoms with Crippen LogP contribution in [-0.2, 0) is 9.53 Å². The molecule has 0 unspecified atom stereocenters. The van der Waals surface area contributed by atoms with Crippen LogP contribution in [0.15, 0.2) is 0 Å². The van der Waals surface area contributed by atoms with Crippen LogP contribution in [0.4, 0.5) is 0 Å². The van der Waals surface area contributed by atoms with E-state index in [4.69, 9.17) is 4.74 Å². The molecule has 3 saturated carbocycles. The molecule has 3 fully saturated rings. The lowest BCUT2D eigenvalue weighted by Crippen LogP contribution is -2.52. The first-order valence-electron chi connectivity index (χ1n) is 14.8. The zero-order valence-electron chi connectivity index (χ0n) is 21.7. The molecule has 2 nitrogen and oxygen atoms in total. The van der Waals surface area contributed by atoms with E-state index in [-0.39, 0.29) is 16.8 Å². The molecule has 0 bridgehead atoms. The average Bonchev–Trinajstić information content (AvgIpc) is 2.86. The summed E-state index contributed by atoms with van der Waals surface area (Å²) in [6.45, 7) is 5.23. The Hall–Kier alpha value is -0.530. The van der Waals surface area contributed by atoms with Crippen molar-refractivity contribution in [2.45, 2.75) is 155 Å². The predicted octanol–water partition coefficient (Wildman–Crippen LogP) is 9.40. The van der Waals surface area contributed by atoms with Crippen molar-refractivity contribution >= 4 is 5.97 Å². The Morgan fingerprint density at radius 1 is 0.688 bits per heavy atom. The van der Waals surface area contributed by atoms with Gasteiger partial charge in [0.15, 0.2) is 0 Å². The number of unbranched alkanes of at least 4 members (excludes halogenated alkanes) is 5. The zero-order valence-corrected chi connectivity index (χ0v) is 21.7. The van der Waals surface area contributed by atoms with Gasteiger partial charge in [0.25, 0.3) is 0 Å². The Balaban J connectivity index is 1.68. The van der Waals surface area contributed by atoms with Crippen molar-refractivity contribution in [3.63, 3.8) is 0 Å². The molecule has 0 amide bonds. The Morgan fingerprint density at radius 2 is 1.28 bits per heavy atom. The van der Waals surface area contributed by atoms with Crippen molar-refractivity contribution in [2.75, 3.05) is 6.61 Å². The topological polar surface area (TPSA) is 26.3 Å². The molecule has 0 heterocycles. The summed E-state index contributed by atoms with van der Waals surface area (Å²) in [6, 6.07) is 0. The second kappa shape index (κ2) is 13.4. The number of hydrogen-bond donors (Lipinski definition) is 0. The second-order valence-corrected chi connectivity index (χ2v) is 11.8. The lowest BCUT2D eigenvalue weighted by molar-refractivity contribution is -0.175. The van der Waals surface area contributed by atoms with E-state index < -0.39 is 0 Å². The average molecular weight is 447 g/mol. The summed E-state index contributed by atoms with van der Waals surface area (Å²) in [7, 11) is 0. The molecule has 3 aliphatic carbocycles. The number of carbonyl (C=O) groups excluding carboxylic acids is 1. The summed E-state index contributed by atoms with van der Waals surface area (Å²) in [6.07, 6.45) is 28.5. The van der Waals surface area contributed by atoms with Crippen LogP contribution in [0.2, 0.25) is 0 Å². The molecule has 32 heavy (non-hydrogen) atoms. The van der Waals surface area contributed by atoms with E-state index in [1.54, 1.807) is 0 Å². The maximum absolute atomic E-state index is 13.8. The molecular formula is C30H54O2. The van der Waals surface area contributed by atoms with Gasteiger partial charge in [-0.05, 0) is 68.6 Å². The molecule has 0 N–H and O–H groups in total. The third-order valence-electron chi connectivity index (χ3n) is 9.91. The summed E-state index contributed by atoms with van der Waals surface area (Å²) in [5, 5.41) is 0. The van der Waals surface area contributed by atoms with Gasteiger partial charge in [-0.3, -0.25) is 4.79 Å². The van der Waals surface area contributed by atoms with Gasteiger partial charge in [-0.15, -0.1) is 0 Å². The first-order chi connectivity index (χ1) is 15.7. The van der Waals surface area contributed by atoms with Crippen LogP contribution in [-0.4, -0.2) is 12.6 Å². The lowest BCUT2D eigenvalue weighted by atomic mass is 9.49. The quantitative estimate of drug-likeness (QED) is 0.220. The first kappa shape index (κ1) is 26.1. The molecule has 3 rings (SSSR count). The minimum Gasteiger partial charge on any atom is -0.465 e. The minimum absolute atomic E-state index is 0.179. The molecule has 2 heteroatoms. The van der Waals surface area contributed by atoms with Crippen molar-refractivity contribution in [3.8, 4) is 0 Å². The van der Waals surface area contributed by atoms with Gasteiger partial charge in [0.1, 0.15) is 0 Å². The van der Waals surface area contributed by atoms with E-state index in [0.29, 0.717) is 6.61 Å². The van der Waals surface area contributed by atoms with Crippen molar-refractivity contribution < 1.29 is 9.53 Å². The van der Waals surface area contributed by atoms with Gasteiger partial charge in [0.05, 0.1) is 12.0 Å². The van der Waals surface area contributed by atoms with Crippen molar-refractivity contribution in [2.24, 2.45) is 22.7 Å². The summed E-state index contributed by atoms with van der Waals surface area (Å²) in [5.41, 5.74) is 0.0370. The van der Waals surface area contributed by atoms with E-state index in [1.807, 2.05) is 0 Å².